The van der Waals surface area contributed by atoms with Crippen molar-refractivity contribution in [2.24, 2.45) is 5.11 Å². The van der Waals surface area contributed by atoms with Crippen LogP contribution in [0.5, 0.6) is 0 Å². The predicted octanol–water partition coefficient (Wildman–Crippen LogP) is -1.28. The van der Waals surface area contributed by atoms with Crippen LogP contribution in [0.25, 0.3) is 10.4 Å². The summed E-state index contributed by atoms with van der Waals surface area (Å²) in [4.78, 5) is 2.48. The molecule has 0 radical (unpaired) electrons. The van der Waals surface area contributed by atoms with E-state index >= 15 is 0 Å². The van der Waals surface area contributed by atoms with E-state index in [1.807, 2.05) is 0 Å². The second-order valence-electron chi connectivity index (χ2n) is 2.62. The van der Waals surface area contributed by atoms with Gasteiger partial charge < -0.3 is 20.2 Å². The van der Waals surface area contributed by atoms with E-state index in [9.17, 15) is 10.2 Å². The summed E-state index contributed by atoms with van der Waals surface area (Å²) >= 11 is 0. The maximum absolute atomic E-state index is 9.28. The molecule has 0 amide bonds. The topological polar surface area (TPSA) is 131 Å². The molecule has 0 aromatic rings. The van der Waals surface area contributed by atoms with E-state index in [0.29, 0.717) is 0 Å². The van der Waals surface area contributed by atoms with Crippen molar-refractivity contribution in [3.8, 4) is 0 Å². The third-order valence-corrected chi connectivity index (χ3v) is 1.81. The molecule has 1 rings (SSSR count). The number of nitrogens with zero attached hydrogens (tertiary/aromatic N) is 3. The average molecular weight is 190 g/mol. The van der Waals surface area contributed by atoms with E-state index in [-0.39, 0.29) is 6.54 Å². The van der Waals surface area contributed by atoms with Gasteiger partial charge in [0.1, 0.15) is 12.2 Å². The van der Waals surface area contributed by atoms with Crippen LogP contribution in [0.2, 0.25) is 0 Å². The van der Waals surface area contributed by atoms with Crippen molar-refractivity contribution in [1.82, 2.24) is 5.48 Å². The molecule has 13 heavy (non-hydrogen) atoms. The summed E-state index contributed by atoms with van der Waals surface area (Å²) in [5, 5.41) is 30.1. The molecule has 74 valence electrons. The van der Waals surface area contributed by atoms with Crippen LogP contribution in [0.3, 0.4) is 0 Å². The van der Waals surface area contributed by atoms with Crippen LogP contribution in [0.4, 0.5) is 0 Å². The van der Waals surface area contributed by atoms with Crippen LogP contribution in [0, 0.1) is 0 Å². The van der Waals surface area contributed by atoms with Crippen molar-refractivity contribution in [1.29, 1.82) is 0 Å². The Hall–Kier alpha value is -0.890. The van der Waals surface area contributed by atoms with Crippen LogP contribution >= 0.6 is 0 Å². The highest BCUT2D eigenvalue weighted by Gasteiger charge is 2.41. The van der Waals surface area contributed by atoms with E-state index in [0.717, 1.165) is 0 Å². The van der Waals surface area contributed by atoms with E-state index in [1.54, 1.807) is 5.48 Å². The van der Waals surface area contributed by atoms with E-state index < -0.39 is 24.5 Å². The molecule has 1 saturated heterocycles. The number of aliphatic hydroxyl groups excluding tert-OH is 2. The van der Waals surface area contributed by atoms with Crippen molar-refractivity contribution >= 4 is 0 Å². The van der Waals surface area contributed by atoms with Gasteiger partial charge in [-0.05, 0) is 5.53 Å². The van der Waals surface area contributed by atoms with Crippen LogP contribution in [-0.4, -0.2) is 46.5 Å². The van der Waals surface area contributed by atoms with Gasteiger partial charge in [0.05, 0.1) is 12.6 Å². The number of rotatable bonds is 3. The molecule has 8 heteroatoms. The fourth-order valence-corrected chi connectivity index (χ4v) is 1.12. The average Bonchev–Trinajstić information content (AvgIpc) is 2.41. The fraction of sp³-hybridized carbons (Fsp3) is 1.00. The molecule has 1 unspecified atom stereocenters. The molecule has 4 atom stereocenters. The lowest BCUT2D eigenvalue weighted by Gasteiger charge is -2.11. The van der Waals surface area contributed by atoms with Crippen LogP contribution in [0.1, 0.15) is 0 Å². The van der Waals surface area contributed by atoms with Gasteiger partial charge in [-0.2, -0.15) is 5.48 Å². The van der Waals surface area contributed by atoms with Gasteiger partial charge in [0.15, 0.2) is 6.23 Å². The number of hydroxylamine groups is 1. The highest BCUT2D eigenvalue weighted by Crippen LogP contribution is 2.19. The molecular formula is C5H10N4O4. The molecule has 0 bridgehead atoms. The lowest BCUT2D eigenvalue weighted by molar-refractivity contribution is -0.0770. The first-order chi connectivity index (χ1) is 6.20. The van der Waals surface area contributed by atoms with Gasteiger partial charge in [-0.3, -0.25) is 0 Å². The maximum Gasteiger partial charge on any atom is 0.158 e. The second-order valence-corrected chi connectivity index (χ2v) is 2.62. The third kappa shape index (κ3) is 2.07. The van der Waals surface area contributed by atoms with Gasteiger partial charge >= 0.3 is 0 Å². The lowest BCUT2D eigenvalue weighted by Crippen LogP contribution is -2.39. The molecule has 0 spiro atoms. The zero-order chi connectivity index (χ0) is 9.84. The molecule has 0 aliphatic carbocycles. The quantitative estimate of drug-likeness (QED) is 0.190. The summed E-state index contributed by atoms with van der Waals surface area (Å²) in [6, 6.07) is 0. The summed E-state index contributed by atoms with van der Waals surface area (Å²) in [5.41, 5.74) is 9.68. The van der Waals surface area contributed by atoms with Crippen LogP contribution < -0.4 is 5.48 Å². The molecule has 4 N–H and O–H groups in total. The van der Waals surface area contributed by atoms with Crippen LogP contribution in [-0.2, 0) is 4.74 Å². The summed E-state index contributed by atoms with van der Waals surface area (Å²) in [5.74, 6) is 0. The number of hydrogen-bond donors (Lipinski definition) is 4. The first-order valence-corrected chi connectivity index (χ1v) is 3.62. The Morgan fingerprint density at radius 3 is 2.62 bits per heavy atom. The number of aliphatic hydroxyl groups is 2. The Morgan fingerprint density at radius 2 is 2.15 bits per heavy atom. The molecule has 0 aromatic carbocycles. The summed E-state index contributed by atoms with van der Waals surface area (Å²) < 4.78 is 4.91. The molecule has 8 nitrogen and oxygen atoms in total. The van der Waals surface area contributed by atoms with E-state index in [1.165, 1.54) is 0 Å². The van der Waals surface area contributed by atoms with Gasteiger partial charge in [-0.15, -0.1) is 0 Å². The highest BCUT2D eigenvalue weighted by molar-refractivity contribution is 4.89. The van der Waals surface area contributed by atoms with Crippen LogP contribution in [0.15, 0.2) is 5.11 Å². The number of azide groups is 1. The highest BCUT2D eigenvalue weighted by atomic mass is 16.6. The molecule has 1 aliphatic rings. The van der Waals surface area contributed by atoms with Crippen molar-refractivity contribution in [3.63, 3.8) is 0 Å². The minimum atomic E-state index is -1.23. The second kappa shape index (κ2) is 4.38. The first-order valence-electron chi connectivity index (χ1n) is 3.62. The normalized spacial score (nSPS) is 38.7. The van der Waals surface area contributed by atoms with Crippen molar-refractivity contribution < 1.29 is 20.2 Å². The van der Waals surface area contributed by atoms with Crippen molar-refractivity contribution in [2.75, 3.05) is 6.54 Å². The monoisotopic (exact) mass is 190 g/mol. The first kappa shape index (κ1) is 10.2. The number of hydrogen-bond acceptors (Lipinski definition) is 6. The van der Waals surface area contributed by atoms with Crippen molar-refractivity contribution in [3.05, 3.63) is 10.4 Å². The van der Waals surface area contributed by atoms with E-state index in [2.05, 4.69) is 10.0 Å². The zero-order valence-corrected chi connectivity index (χ0v) is 6.61. The van der Waals surface area contributed by atoms with Crippen molar-refractivity contribution in [2.45, 2.75) is 24.5 Å². The van der Waals surface area contributed by atoms with Gasteiger partial charge in [-0.1, -0.05) is 5.11 Å². The maximum atomic E-state index is 9.28. The SMILES string of the molecule is [N-]=[N+]=NC[C@H]1OC(NO)[C@@H](O)[C@@H]1O. The van der Waals surface area contributed by atoms with Gasteiger partial charge in [-0.25, -0.2) is 0 Å². The minimum Gasteiger partial charge on any atom is -0.388 e. The largest absolute Gasteiger partial charge is 0.388 e. The zero-order valence-electron chi connectivity index (χ0n) is 6.61. The fourth-order valence-electron chi connectivity index (χ4n) is 1.12. The predicted molar refractivity (Wildman–Crippen MR) is 39.6 cm³/mol. The summed E-state index contributed by atoms with van der Waals surface area (Å²) in [7, 11) is 0. The van der Waals surface area contributed by atoms with Gasteiger partial charge in [0.2, 0.25) is 0 Å². The Kier molecular flexibility index (Phi) is 3.43. The molecule has 1 heterocycles. The molecule has 1 aliphatic heterocycles. The molecular weight excluding hydrogens is 180 g/mol. The summed E-state index contributed by atoms with van der Waals surface area (Å²) in [6.07, 6.45) is -4.25. The summed E-state index contributed by atoms with van der Waals surface area (Å²) in [6.45, 7) is -0.0904. The molecule has 0 aromatic heterocycles. The van der Waals surface area contributed by atoms with Gasteiger partial charge in [0, 0.05) is 4.91 Å². The molecule has 1 fully saturated rings. The van der Waals surface area contributed by atoms with Gasteiger partial charge in [0.25, 0.3) is 0 Å². The Labute approximate surface area is 73.3 Å². The van der Waals surface area contributed by atoms with E-state index in [4.69, 9.17) is 15.5 Å². The third-order valence-electron chi connectivity index (χ3n) is 1.81. The standard InChI is InChI=1S/C5H10N4O4/c6-9-7-1-2-3(10)4(11)5(8-12)13-2/h2-5,8,10-12H,1H2/t2-,3-,4+,5?/m1/s1. The lowest BCUT2D eigenvalue weighted by atomic mass is 10.1. The number of ether oxygens (including phenoxy) is 1. The molecule has 0 saturated carbocycles. The Morgan fingerprint density at radius 1 is 1.46 bits per heavy atom. The Bertz CT molecular complexity index is 219. The Balaban J connectivity index is 2.54. The number of nitrogens with one attached hydrogen (secondary N) is 1. The minimum absolute atomic E-state index is 0.0904. The smallest absolute Gasteiger partial charge is 0.158 e.